The maximum Gasteiger partial charge on any atom is 0.119 e. The molecule has 1 fully saturated rings. The monoisotopic (exact) mass is 207 g/mol. The van der Waals surface area contributed by atoms with Gasteiger partial charge in [-0.3, -0.25) is 0 Å². The van der Waals surface area contributed by atoms with Crippen molar-refractivity contribution in [2.75, 3.05) is 20.3 Å². The topological polar surface area (TPSA) is 44.5 Å². The van der Waals surface area contributed by atoms with Crippen molar-refractivity contribution in [3.8, 4) is 5.75 Å². The summed E-state index contributed by atoms with van der Waals surface area (Å²) < 4.78 is 10.5. The summed E-state index contributed by atoms with van der Waals surface area (Å²) in [4.78, 5) is 0. The van der Waals surface area contributed by atoms with Gasteiger partial charge in [-0.05, 0) is 24.1 Å². The second kappa shape index (κ2) is 4.64. The van der Waals surface area contributed by atoms with E-state index in [9.17, 15) is 0 Å². The number of nitrogens with two attached hydrogens (primary N) is 1. The number of methoxy groups -OCH3 is 1. The Bertz CT molecular complexity index is 321. The summed E-state index contributed by atoms with van der Waals surface area (Å²) in [7, 11) is 1.67. The highest BCUT2D eigenvalue weighted by Crippen LogP contribution is 2.28. The molecule has 1 heterocycles. The van der Waals surface area contributed by atoms with Crippen molar-refractivity contribution < 1.29 is 9.47 Å². The zero-order chi connectivity index (χ0) is 10.7. The van der Waals surface area contributed by atoms with Crippen molar-refractivity contribution in [1.29, 1.82) is 0 Å². The normalized spacial score (nSPS) is 22.7. The zero-order valence-electron chi connectivity index (χ0n) is 8.98. The molecule has 0 radical (unpaired) electrons. The van der Waals surface area contributed by atoms with E-state index in [1.54, 1.807) is 7.11 Å². The van der Waals surface area contributed by atoms with Crippen LogP contribution < -0.4 is 10.5 Å². The Labute approximate surface area is 90.2 Å². The maximum atomic E-state index is 6.19. The van der Waals surface area contributed by atoms with E-state index in [2.05, 4.69) is 0 Å². The average molecular weight is 207 g/mol. The molecule has 3 heteroatoms. The third-order valence-electron chi connectivity index (χ3n) is 2.95. The molecule has 2 atom stereocenters. The smallest absolute Gasteiger partial charge is 0.119 e. The second-order valence-corrected chi connectivity index (χ2v) is 3.93. The van der Waals surface area contributed by atoms with Crippen LogP contribution in [0.4, 0.5) is 0 Å². The SMILES string of the molecule is COc1cccc(C(N)C2CCOC2)c1. The average Bonchev–Trinajstić information content (AvgIpc) is 2.81. The lowest BCUT2D eigenvalue weighted by Gasteiger charge is -2.18. The van der Waals surface area contributed by atoms with E-state index in [1.807, 2.05) is 24.3 Å². The van der Waals surface area contributed by atoms with Crippen molar-refractivity contribution in [3.63, 3.8) is 0 Å². The first-order valence-corrected chi connectivity index (χ1v) is 5.28. The highest BCUT2D eigenvalue weighted by atomic mass is 16.5. The first kappa shape index (κ1) is 10.5. The number of hydrogen-bond acceptors (Lipinski definition) is 3. The van der Waals surface area contributed by atoms with Crippen LogP contribution in [0.2, 0.25) is 0 Å². The zero-order valence-corrected chi connectivity index (χ0v) is 8.98. The summed E-state index contributed by atoms with van der Waals surface area (Å²) in [6.07, 6.45) is 1.05. The maximum absolute atomic E-state index is 6.19. The molecule has 0 amide bonds. The number of hydrogen-bond donors (Lipinski definition) is 1. The van der Waals surface area contributed by atoms with Gasteiger partial charge in [-0.15, -0.1) is 0 Å². The molecule has 0 bridgehead atoms. The van der Waals surface area contributed by atoms with Crippen LogP contribution in [-0.2, 0) is 4.74 Å². The molecule has 1 aromatic carbocycles. The van der Waals surface area contributed by atoms with Gasteiger partial charge in [0.1, 0.15) is 5.75 Å². The third-order valence-corrected chi connectivity index (χ3v) is 2.95. The lowest BCUT2D eigenvalue weighted by Crippen LogP contribution is -2.21. The molecule has 2 N–H and O–H groups in total. The summed E-state index contributed by atoms with van der Waals surface area (Å²) in [5.74, 6) is 1.30. The molecule has 0 saturated carbocycles. The summed E-state index contributed by atoms with van der Waals surface area (Å²) >= 11 is 0. The molecule has 0 aromatic heterocycles. The molecule has 0 spiro atoms. The van der Waals surface area contributed by atoms with Gasteiger partial charge in [0.15, 0.2) is 0 Å². The summed E-state index contributed by atoms with van der Waals surface area (Å²) in [6.45, 7) is 1.61. The summed E-state index contributed by atoms with van der Waals surface area (Å²) in [5.41, 5.74) is 7.32. The predicted octanol–water partition coefficient (Wildman–Crippen LogP) is 1.73. The molecular weight excluding hydrogens is 190 g/mol. The van der Waals surface area contributed by atoms with Crippen LogP contribution >= 0.6 is 0 Å². The van der Waals surface area contributed by atoms with Crippen LogP contribution in [0.5, 0.6) is 5.75 Å². The van der Waals surface area contributed by atoms with Crippen LogP contribution in [0.3, 0.4) is 0 Å². The first-order valence-electron chi connectivity index (χ1n) is 5.28. The minimum Gasteiger partial charge on any atom is -0.497 e. The Morgan fingerprint density at radius 3 is 3.07 bits per heavy atom. The molecule has 1 aromatic rings. The fraction of sp³-hybridized carbons (Fsp3) is 0.500. The van der Waals surface area contributed by atoms with E-state index in [1.165, 1.54) is 0 Å². The minimum atomic E-state index is 0.0580. The van der Waals surface area contributed by atoms with Gasteiger partial charge in [-0.2, -0.15) is 0 Å². The summed E-state index contributed by atoms with van der Waals surface area (Å²) in [6, 6.07) is 8.02. The molecule has 3 nitrogen and oxygen atoms in total. The standard InChI is InChI=1S/C12H17NO2/c1-14-11-4-2-3-9(7-11)12(13)10-5-6-15-8-10/h2-4,7,10,12H,5-6,8,13H2,1H3. The quantitative estimate of drug-likeness (QED) is 0.821. The highest BCUT2D eigenvalue weighted by Gasteiger charge is 2.24. The van der Waals surface area contributed by atoms with E-state index in [0.717, 1.165) is 30.9 Å². The molecule has 1 aliphatic rings. The lowest BCUT2D eigenvalue weighted by atomic mass is 9.93. The van der Waals surface area contributed by atoms with Crippen molar-refractivity contribution >= 4 is 0 Å². The van der Waals surface area contributed by atoms with Gasteiger partial charge >= 0.3 is 0 Å². The van der Waals surface area contributed by atoms with Gasteiger partial charge in [0.2, 0.25) is 0 Å². The molecular formula is C12H17NO2. The van der Waals surface area contributed by atoms with Gasteiger partial charge in [0.05, 0.1) is 13.7 Å². The second-order valence-electron chi connectivity index (χ2n) is 3.93. The molecule has 0 aliphatic carbocycles. The molecule has 2 rings (SSSR count). The van der Waals surface area contributed by atoms with Crippen LogP contribution in [0.1, 0.15) is 18.0 Å². The van der Waals surface area contributed by atoms with E-state index in [0.29, 0.717) is 5.92 Å². The largest absolute Gasteiger partial charge is 0.497 e. The number of rotatable bonds is 3. The Morgan fingerprint density at radius 1 is 1.53 bits per heavy atom. The molecule has 1 saturated heterocycles. The van der Waals surface area contributed by atoms with Gasteiger partial charge in [0.25, 0.3) is 0 Å². The van der Waals surface area contributed by atoms with Crippen LogP contribution in [0, 0.1) is 5.92 Å². The van der Waals surface area contributed by atoms with Crippen molar-refractivity contribution in [2.45, 2.75) is 12.5 Å². The van der Waals surface area contributed by atoms with Crippen LogP contribution in [0.25, 0.3) is 0 Å². The van der Waals surface area contributed by atoms with E-state index >= 15 is 0 Å². The molecule has 1 aliphatic heterocycles. The van der Waals surface area contributed by atoms with Gasteiger partial charge in [0, 0.05) is 18.6 Å². The number of benzene rings is 1. The van der Waals surface area contributed by atoms with Crippen molar-refractivity contribution in [3.05, 3.63) is 29.8 Å². The van der Waals surface area contributed by atoms with E-state index in [4.69, 9.17) is 15.2 Å². The third kappa shape index (κ3) is 2.30. The van der Waals surface area contributed by atoms with Crippen LogP contribution in [0.15, 0.2) is 24.3 Å². The number of ether oxygens (including phenoxy) is 2. The molecule has 82 valence electrons. The van der Waals surface area contributed by atoms with Crippen molar-refractivity contribution in [2.24, 2.45) is 11.7 Å². The van der Waals surface area contributed by atoms with E-state index in [-0.39, 0.29) is 6.04 Å². The Morgan fingerprint density at radius 2 is 2.40 bits per heavy atom. The fourth-order valence-corrected chi connectivity index (χ4v) is 1.96. The minimum absolute atomic E-state index is 0.0580. The molecule has 2 unspecified atom stereocenters. The molecule has 15 heavy (non-hydrogen) atoms. The first-order chi connectivity index (χ1) is 7.31. The summed E-state index contributed by atoms with van der Waals surface area (Å²) in [5, 5.41) is 0. The lowest BCUT2D eigenvalue weighted by molar-refractivity contribution is 0.181. The van der Waals surface area contributed by atoms with Gasteiger partial charge in [-0.1, -0.05) is 12.1 Å². The highest BCUT2D eigenvalue weighted by molar-refractivity contribution is 5.30. The fourth-order valence-electron chi connectivity index (χ4n) is 1.96. The van der Waals surface area contributed by atoms with Crippen LogP contribution in [-0.4, -0.2) is 20.3 Å². The van der Waals surface area contributed by atoms with E-state index < -0.39 is 0 Å². The Kier molecular flexibility index (Phi) is 3.23. The van der Waals surface area contributed by atoms with Crippen molar-refractivity contribution in [1.82, 2.24) is 0 Å². The van der Waals surface area contributed by atoms with Gasteiger partial charge in [-0.25, -0.2) is 0 Å². The predicted molar refractivity (Wildman–Crippen MR) is 58.8 cm³/mol. The Hall–Kier alpha value is -1.06. The van der Waals surface area contributed by atoms with Gasteiger partial charge < -0.3 is 15.2 Å². The Balaban J connectivity index is 2.13.